The molecule has 2 aromatic carbocycles. The Hall–Kier alpha value is -3.52. The zero-order chi connectivity index (χ0) is 21.1. The van der Waals surface area contributed by atoms with E-state index in [0.29, 0.717) is 51.5 Å². The third-order valence-electron chi connectivity index (χ3n) is 4.45. The highest BCUT2D eigenvalue weighted by atomic mass is 32.1. The maximum absolute atomic E-state index is 12.6. The second-order valence-electron chi connectivity index (χ2n) is 6.28. The summed E-state index contributed by atoms with van der Waals surface area (Å²) < 4.78 is 21.8. The summed E-state index contributed by atoms with van der Waals surface area (Å²) in [5, 5.41) is 6.41. The van der Waals surface area contributed by atoms with E-state index in [1.807, 2.05) is 37.3 Å². The molecule has 7 nitrogen and oxygen atoms in total. The summed E-state index contributed by atoms with van der Waals surface area (Å²) in [6.45, 7) is 2.37. The average Bonchev–Trinajstić information content (AvgIpc) is 3.22. The number of rotatable bonds is 7. The van der Waals surface area contributed by atoms with E-state index < -0.39 is 5.63 Å². The fourth-order valence-corrected chi connectivity index (χ4v) is 3.77. The minimum absolute atomic E-state index is 0.387. The number of thiazole rings is 1. The number of benzene rings is 2. The summed E-state index contributed by atoms with van der Waals surface area (Å²) in [7, 11) is 3.19. The van der Waals surface area contributed by atoms with Gasteiger partial charge in [0.2, 0.25) is 0 Å². The maximum Gasteiger partial charge on any atom is 0.345 e. The summed E-state index contributed by atoms with van der Waals surface area (Å²) in [6.07, 6.45) is 0. The number of nitrogens with zero attached hydrogens (tertiary/aromatic N) is 1. The van der Waals surface area contributed by atoms with Crippen molar-refractivity contribution in [1.29, 1.82) is 0 Å². The molecule has 30 heavy (non-hydrogen) atoms. The molecule has 1 N–H and O–H groups in total. The molecule has 2 heterocycles. The molecule has 4 aromatic rings. The molecule has 8 heteroatoms. The molecule has 0 aliphatic rings. The van der Waals surface area contributed by atoms with E-state index in [1.54, 1.807) is 31.7 Å². The lowest BCUT2D eigenvalue weighted by molar-refractivity contribution is 0.337. The lowest BCUT2D eigenvalue weighted by atomic mass is 10.1. The van der Waals surface area contributed by atoms with Gasteiger partial charge in [0.1, 0.15) is 11.5 Å². The molecule has 0 saturated heterocycles. The molecule has 0 unspecified atom stereocenters. The van der Waals surface area contributed by atoms with Crippen molar-refractivity contribution in [3.05, 3.63) is 58.3 Å². The number of hydrogen-bond acceptors (Lipinski definition) is 8. The van der Waals surface area contributed by atoms with Crippen LogP contribution in [0.4, 0.5) is 10.8 Å². The van der Waals surface area contributed by atoms with Crippen LogP contribution >= 0.6 is 11.3 Å². The van der Waals surface area contributed by atoms with Gasteiger partial charge in [-0.2, -0.15) is 0 Å². The van der Waals surface area contributed by atoms with Crippen molar-refractivity contribution in [3.8, 4) is 28.5 Å². The van der Waals surface area contributed by atoms with Crippen molar-refractivity contribution in [2.45, 2.75) is 6.92 Å². The molecule has 0 atom stereocenters. The van der Waals surface area contributed by atoms with Crippen molar-refractivity contribution < 1.29 is 18.6 Å². The van der Waals surface area contributed by atoms with E-state index in [1.165, 1.54) is 11.3 Å². The quantitative estimate of drug-likeness (QED) is 0.414. The van der Waals surface area contributed by atoms with Gasteiger partial charge in [0.25, 0.3) is 0 Å². The number of nitrogens with one attached hydrogen (secondary N) is 1. The number of para-hydroxylation sites is 1. The van der Waals surface area contributed by atoms with Crippen LogP contribution in [0.2, 0.25) is 0 Å². The highest BCUT2D eigenvalue weighted by Gasteiger charge is 2.15. The lowest BCUT2D eigenvalue weighted by Gasteiger charge is -2.10. The molecule has 154 valence electrons. The van der Waals surface area contributed by atoms with E-state index in [0.717, 1.165) is 5.39 Å². The largest absolute Gasteiger partial charge is 0.497 e. The second-order valence-corrected chi connectivity index (χ2v) is 7.14. The zero-order valence-electron chi connectivity index (χ0n) is 16.7. The van der Waals surface area contributed by atoms with Gasteiger partial charge in [0.05, 0.1) is 37.8 Å². The van der Waals surface area contributed by atoms with Crippen molar-refractivity contribution in [1.82, 2.24) is 4.98 Å². The Labute approximate surface area is 176 Å². The predicted octanol–water partition coefficient (Wildman–Crippen LogP) is 5.08. The Morgan fingerprint density at radius 1 is 1.10 bits per heavy atom. The molecule has 4 rings (SSSR count). The first kappa shape index (κ1) is 19.8. The third-order valence-corrected chi connectivity index (χ3v) is 5.21. The Bertz CT molecular complexity index is 1250. The monoisotopic (exact) mass is 424 g/mol. The van der Waals surface area contributed by atoms with Gasteiger partial charge >= 0.3 is 5.63 Å². The first-order valence-corrected chi connectivity index (χ1v) is 10.2. The van der Waals surface area contributed by atoms with Crippen LogP contribution in [0.15, 0.2) is 57.1 Å². The van der Waals surface area contributed by atoms with Gasteiger partial charge < -0.3 is 23.9 Å². The molecule has 0 bridgehead atoms. The molecule has 0 spiro atoms. The highest BCUT2D eigenvalue weighted by Crippen LogP contribution is 2.34. The van der Waals surface area contributed by atoms with Gasteiger partial charge in [-0.1, -0.05) is 12.1 Å². The molecule has 0 saturated carbocycles. The summed E-state index contributed by atoms with van der Waals surface area (Å²) >= 11 is 1.37. The van der Waals surface area contributed by atoms with Crippen LogP contribution in [-0.2, 0) is 0 Å². The van der Waals surface area contributed by atoms with Crippen LogP contribution < -0.4 is 25.2 Å². The fraction of sp³-hybridized carbons (Fsp3) is 0.182. The fourth-order valence-electron chi connectivity index (χ4n) is 3.05. The van der Waals surface area contributed by atoms with Crippen LogP contribution in [0.1, 0.15) is 6.92 Å². The smallest absolute Gasteiger partial charge is 0.345 e. The summed E-state index contributed by atoms with van der Waals surface area (Å²) in [6, 6.07) is 12.7. The van der Waals surface area contributed by atoms with Gasteiger partial charge in [-0.05, 0) is 31.2 Å². The topological polar surface area (TPSA) is 82.8 Å². The Morgan fingerprint density at radius 3 is 2.73 bits per heavy atom. The maximum atomic E-state index is 12.6. The van der Waals surface area contributed by atoms with Gasteiger partial charge in [0, 0.05) is 16.8 Å². The Kier molecular flexibility index (Phi) is 5.58. The molecular formula is C22H20N2O5S. The van der Waals surface area contributed by atoms with Crippen molar-refractivity contribution in [2.24, 2.45) is 0 Å². The first-order chi connectivity index (χ1) is 14.6. The van der Waals surface area contributed by atoms with Gasteiger partial charge in [0.15, 0.2) is 16.5 Å². The van der Waals surface area contributed by atoms with Crippen LogP contribution in [0.25, 0.3) is 22.2 Å². The number of anilines is 2. The van der Waals surface area contributed by atoms with Gasteiger partial charge in [-0.15, -0.1) is 11.3 Å². The predicted molar refractivity (Wildman–Crippen MR) is 118 cm³/mol. The molecule has 0 aliphatic carbocycles. The van der Waals surface area contributed by atoms with E-state index in [-0.39, 0.29) is 0 Å². The van der Waals surface area contributed by atoms with Crippen LogP contribution in [0, 0.1) is 0 Å². The Morgan fingerprint density at radius 2 is 1.97 bits per heavy atom. The molecule has 0 radical (unpaired) electrons. The molecule has 0 fully saturated rings. The highest BCUT2D eigenvalue weighted by molar-refractivity contribution is 7.14. The minimum Gasteiger partial charge on any atom is -0.497 e. The number of aromatic nitrogens is 1. The molecular weight excluding hydrogens is 404 g/mol. The number of methoxy groups -OCH3 is 2. The van der Waals surface area contributed by atoms with Crippen molar-refractivity contribution in [3.63, 3.8) is 0 Å². The van der Waals surface area contributed by atoms with Crippen LogP contribution in [0.3, 0.4) is 0 Å². The number of hydrogen-bond donors (Lipinski definition) is 1. The molecule has 0 aliphatic heterocycles. The van der Waals surface area contributed by atoms with E-state index in [4.69, 9.17) is 18.6 Å². The average molecular weight is 424 g/mol. The van der Waals surface area contributed by atoms with Crippen LogP contribution in [0.5, 0.6) is 17.2 Å². The van der Waals surface area contributed by atoms with Crippen molar-refractivity contribution in [2.75, 3.05) is 26.1 Å². The van der Waals surface area contributed by atoms with E-state index >= 15 is 0 Å². The summed E-state index contributed by atoms with van der Waals surface area (Å²) in [5.74, 6) is 1.89. The number of ether oxygens (including phenoxy) is 3. The molecule has 0 amide bonds. The first-order valence-electron chi connectivity index (χ1n) is 9.27. The molecule has 2 aromatic heterocycles. The van der Waals surface area contributed by atoms with E-state index in [2.05, 4.69) is 10.3 Å². The normalized spacial score (nSPS) is 10.8. The second kappa shape index (κ2) is 8.46. The zero-order valence-corrected chi connectivity index (χ0v) is 17.5. The third kappa shape index (κ3) is 3.81. The van der Waals surface area contributed by atoms with Crippen molar-refractivity contribution >= 4 is 33.1 Å². The summed E-state index contributed by atoms with van der Waals surface area (Å²) in [5.41, 5.74) is 1.60. The standard InChI is InChI=1S/C22H20N2O5S/c1-4-28-19-7-5-6-13-10-15(21(25)29-20(13)19)17-12-30-22(24-17)23-16-11-14(26-2)8-9-18(16)27-3/h5-12H,4H2,1-3H3,(H,23,24). The SMILES string of the molecule is CCOc1cccc2cc(-c3csc(Nc4cc(OC)ccc4OC)n3)c(=O)oc12. The van der Waals surface area contributed by atoms with E-state index in [9.17, 15) is 4.79 Å². The number of fused-ring (bicyclic) bond motifs is 1. The lowest BCUT2D eigenvalue weighted by Crippen LogP contribution is -2.04. The van der Waals surface area contributed by atoms with Crippen LogP contribution in [-0.4, -0.2) is 25.8 Å². The summed E-state index contributed by atoms with van der Waals surface area (Å²) in [4.78, 5) is 17.2. The Balaban J connectivity index is 1.68. The minimum atomic E-state index is -0.467. The van der Waals surface area contributed by atoms with Gasteiger partial charge in [-0.25, -0.2) is 9.78 Å². The van der Waals surface area contributed by atoms with Gasteiger partial charge in [-0.3, -0.25) is 0 Å².